The van der Waals surface area contributed by atoms with E-state index in [-0.39, 0.29) is 5.97 Å². The number of carbonyl (C=O) groups is 1. The van der Waals surface area contributed by atoms with Crippen molar-refractivity contribution in [1.29, 1.82) is 0 Å². The van der Waals surface area contributed by atoms with E-state index in [2.05, 4.69) is 9.78 Å². The first-order valence-electron chi connectivity index (χ1n) is 3.31. The third-order valence-electron chi connectivity index (χ3n) is 1.53. The first-order valence-corrected chi connectivity index (χ1v) is 3.31. The molecular formula is C8H6O3. The minimum atomic E-state index is -0.344. The van der Waals surface area contributed by atoms with Crippen molar-refractivity contribution in [1.82, 2.24) is 0 Å². The second-order valence-electron chi connectivity index (χ2n) is 2.32. The summed E-state index contributed by atoms with van der Waals surface area (Å²) in [6.07, 6.45) is 0.302. The Hall–Kier alpha value is -1.51. The average molecular weight is 150 g/mol. The van der Waals surface area contributed by atoms with Crippen molar-refractivity contribution in [2.45, 2.75) is 6.42 Å². The van der Waals surface area contributed by atoms with Gasteiger partial charge in [-0.3, -0.25) is 9.78 Å². The maximum Gasteiger partial charge on any atom is 0.359 e. The largest absolute Gasteiger partial charge is 0.359 e. The standard InChI is InChI=1S/C8H6O3/c9-8-5-6-3-1-2-4-7(6)10-11-8/h1-4H,5H2. The molecule has 0 atom stereocenters. The fourth-order valence-electron chi connectivity index (χ4n) is 1.01. The first-order chi connectivity index (χ1) is 5.36. The average Bonchev–Trinajstić information content (AvgIpc) is 2.04. The predicted octanol–water partition coefficient (Wildman–Crippen LogP) is 1.08. The minimum absolute atomic E-state index is 0.302. The predicted molar refractivity (Wildman–Crippen MR) is 36.9 cm³/mol. The lowest BCUT2D eigenvalue weighted by atomic mass is 10.1. The van der Waals surface area contributed by atoms with E-state index >= 15 is 0 Å². The van der Waals surface area contributed by atoms with E-state index in [0.717, 1.165) is 5.56 Å². The lowest BCUT2D eigenvalue weighted by Crippen LogP contribution is -2.17. The smallest absolute Gasteiger partial charge is 0.287 e. The van der Waals surface area contributed by atoms with Gasteiger partial charge < -0.3 is 0 Å². The van der Waals surface area contributed by atoms with E-state index < -0.39 is 0 Å². The second-order valence-corrected chi connectivity index (χ2v) is 2.32. The molecule has 3 heteroatoms. The fraction of sp³-hybridized carbons (Fsp3) is 0.125. The van der Waals surface area contributed by atoms with Gasteiger partial charge in [-0.05, 0) is 6.07 Å². The summed E-state index contributed by atoms with van der Waals surface area (Å²) in [6, 6.07) is 7.30. The van der Waals surface area contributed by atoms with Crippen LogP contribution in [0.4, 0.5) is 0 Å². The lowest BCUT2D eigenvalue weighted by molar-refractivity contribution is -0.218. The highest BCUT2D eigenvalue weighted by atomic mass is 17.2. The summed E-state index contributed by atoms with van der Waals surface area (Å²) < 4.78 is 0. The van der Waals surface area contributed by atoms with Gasteiger partial charge in [0.2, 0.25) is 0 Å². The van der Waals surface area contributed by atoms with Gasteiger partial charge in [-0.2, -0.15) is 0 Å². The third-order valence-corrected chi connectivity index (χ3v) is 1.53. The molecule has 0 radical (unpaired) electrons. The van der Waals surface area contributed by atoms with Gasteiger partial charge in [-0.25, -0.2) is 4.79 Å². The molecule has 1 aliphatic heterocycles. The summed E-state index contributed by atoms with van der Waals surface area (Å²) in [7, 11) is 0. The highest BCUT2D eigenvalue weighted by molar-refractivity contribution is 5.74. The first kappa shape index (κ1) is 6.22. The van der Waals surface area contributed by atoms with Gasteiger partial charge in [0.05, 0.1) is 6.42 Å². The Labute approximate surface area is 63.5 Å². The van der Waals surface area contributed by atoms with Crippen molar-refractivity contribution >= 4 is 5.97 Å². The number of carbonyl (C=O) groups excluding carboxylic acids is 1. The van der Waals surface area contributed by atoms with E-state index in [1.165, 1.54) is 0 Å². The number of para-hydroxylation sites is 1. The molecule has 0 fully saturated rings. The molecule has 0 aromatic heterocycles. The number of benzene rings is 1. The highest BCUT2D eigenvalue weighted by Gasteiger charge is 2.17. The van der Waals surface area contributed by atoms with Crippen molar-refractivity contribution < 1.29 is 14.6 Å². The molecule has 3 nitrogen and oxygen atoms in total. The van der Waals surface area contributed by atoms with E-state index in [1.807, 2.05) is 18.2 Å². The molecule has 0 saturated heterocycles. The van der Waals surface area contributed by atoms with Crippen molar-refractivity contribution in [3.8, 4) is 5.75 Å². The van der Waals surface area contributed by atoms with Crippen LogP contribution in [0.2, 0.25) is 0 Å². The molecule has 0 unspecified atom stereocenters. The summed E-state index contributed by atoms with van der Waals surface area (Å²) in [5, 5.41) is 0. The van der Waals surface area contributed by atoms with Gasteiger partial charge >= 0.3 is 5.97 Å². The Morgan fingerprint density at radius 2 is 2.00 bits per heavy atom. The maximum absolute atomic E-state index is 10.7. The van der Waals surface area contributed by atoms with Gasteiger partial charge in [0.1, 0.15) is 0 Å². The SMILES string of the molecule is O=C1Cc2ccccc2OO1. The summed E-state index contributed by atoms with van der Waals surface area (Å²) in [6.45, 7) is 0. The lowest BCUT2D eigenvalue weighted by Gasteiger charge is -2.12. The number of rotatable bonds is 0. The zero-order valence-electron chi connectivity index (χ0n) is 5.74. The monoisotopic (exact) mass is 150 g/mol. The molecule has 1 aromatic rings. The van der Waals surface area contributed by atoms with Crippen LogP contribution in [-0.2, 0) is 16.1 Å². The number of hydrogen-bond acceptors (Lipinski definition) is 3. The zero-order chi connectivity index (χ0) is 7.68. The Bertz CT molecular complexity index is 293. The van der Waals surface area contributed by atoms with Crippen molar-refractivity contribution in [2.75, 3.05) is 0 Å². The molecule has 0 aliphatic carbocycles. The van der Waals surface area contributed by atoms with E-state index in [4.69, 9.17) is 0 Å². The molecule has 11 heavy (non-hydrogen) atoms. The van der Waals surface area contributed by atoms with Crippen molar-refractivity contribution in [3.05, 3.63) is 29.8 Å². The van der Waals surface area contributed by atoms with Crippen molar-refractivity contribution in [3.63, 3.8) is 0 Å². The molecule has 1 aromatic carbocycles. The van der Waals surface area contributed by atoms with Gasteiger partial charge in [-0.1, -0.05) is 18.2 Å². The molecule has 0 amide bonds. The highest BCUT2D eigenvalue weighted by Crippen LogP contribution is 2.22. The van der Waals surface area contributed by atoms with Crippen LogP contribution in [0.5, 0.6) is 5.75 Å². The molecule has 0 bridgehead atoms. The maximum atomic E-state index is 10.7. The minimum Gasteiger partial charge on any atom is -0.287 e. The van der Waals surface area contributed by atoms with Crippen LogP contribution in [0.1, 0.15) is 5.56 Å². The Morgan fingerprint density at radius 3 is 2.91 bits per heavy atom. The summed E-state index contributed by atoms with van der Waals surface area (Å²) >= 11 is 0. The summed E-state index contributed by atoms with van der Waals surface area (Å²) in [4.78, 5) is 19.7. The topological polar surface area (TPSA) is 35.5 Å². The van der Waals surface area contributed by atoms with Gasteiger partial charge in [0.25, 0.3) is 0 Å². The number of fused-ring (bicyclic) bond motifs is 1. The zero-order valence-corrected chi connectivity index (χ0v) is 5.74. The molecular weight excluding hydrogens is 144 g/mol. The van der Waals surface area contributed by atoms with Gasteiger partial charge in [0.15, 0.2) is 5.75 Å². The van der Waals surface area contributed by atoms with E-state index in [0.29, 0.717) is 12.2 Å². The van der Waals surface area contributed by atoms with E-state index in [1.54, 1.807) is 6.07 Å². The molecule has 2 rings (SSSR count). The quantitative estimate of drug-likeness (QED) is 0.519. The third kappa shape index (κ3) is 1.05. The molecule has 0 N–H and O–H groups in total. The normalized spacial score (nSPS) is 14.7. The molecule has 1 heterocycles. The van der Waals surface area contributed by atoms with E-state index in [9.17, 15) is 4.79 Å². The van der Waals surface area contributed by atoms with Crippen LogP contribution in [0.25, 0.3) is 0 Å². The molecule has 56 valence electrons. The Morgan fingerprint density at radius 1 is 1.18 bits per heavy atom. The number of hydrogen-bond donors (Lipinski definition) is 0. The van der Waals surface area contributed by atoms with Crippen LogP contribution in [0.3, 0.4) is 0 Å². The van der Waals surface area contributed by atoms with Crippen LogP contribution in [0, 0.1) is 0 Å². The van der Waals surface area contributed by atoms with Crippen LogP contribution >= 0.6 is 0 Å². The molecule has 0 saturated carbocycles. The second kappa shape index (κ2) is 2.27. The van der Waals surface area contributed by atoms with Gasteiger partial charge in [-0.15, -0.1) is 0 Å². The fourth-order valence-corrected chi connectivity index (χ4v) is 1.01. The van der Waals surface area contributed by atoms with Crippen molar-refractivity contribution in [2.24, 2.45) is 0 Å². The Kier molecular flexibility index (Phi) is 1.28. The van der Waals surface area contributed by atoms with Crippen LogP contribution in [-0.4, -0.2) is 5.97 Å². The molecule has 0 spiro atoms. The van der Waals surface area contributed by atoms with Gasteiger partial charge in [0, 0.05) is 5.56 Å². The molecule has 1 aliphatic rings. The summed E-state index contributed by atoms with van der Waals surface area (Å²) in [5.41, 5.74) is 0.878. The Balaban J connectivity index is 2.41. The van der Waals surface area contributed by atoms with Crippen LogP contribution < -0.4 is 4.89 Å². The summed E-state index contributed by atoms with van der Waals surface area (Å²) in [5.74, 6) is 0.288. The van der Waals surface area contributed by atoms with Crippen LogP contribution in [0.15, 0.2) is 24.3 Å².